The number of nitrogens with one attached hydrogen (secondary N) is 1. The van der Waals surface area contributed by atoms with Gasteiger partial charge in [-0.1, -0.05) is 52.4 Å². The van der Waals surface area contributed by atoms with Gasteiger partial charge in [-0.3, -0.25) is 14.6 Å². The highest BCUT2D eigenvalue weighted by Gasteiger charge is 2.35. The van der Waals surface area contributed by atoms with Crippen LogP contribution in [-0.4, -0.2) is 45.9 Å². The van der Waals surface area contributed by atoms with Gasteiger partial charge < -0.3 is 21.1 Å². The quantitative estimate of drug-likeness (QED) is 0.537. The number of hydrogen-bond acceptors (Lipinski definition) is 5. The number of phenols is 1. The van der Waals surface area contributed by atoms with Crippen LogP contribution in [0.25, 0.3) is 0 Å². The van der Waals surface area contributed by atoms with Crippen molar-refractivity contribution in [3.8, 4) is 5.75 Å². The summed E-state index contributed by atoms with van der Waals surface area (Å²) >= 11 is 0. The summed E-state index contributed by atoms with van der Waals surface area (Å²) in [4.78, 5) is 29.5. The highest BCUT2D eigenvalue weighted by atomic mass is 16.3. The molecule has 1 aromatic heterocycles. The Bertz CT molecular complexity index is 960. The molecule has 1 aliphatic carbocycles. The average molecular weight is 495 g/mol. The monoisotopic (exact) mass is 494 g/mol. The summed E-state index contributed by atoms with van der Waals surface area (Å²) in [7, 11) is 0. The Hall–Kier alpha value is -2.93. The number of hydrogen-bond donors (Lipinski definition) is 3. The molecule has 36 heavy (non-hydrogen) atoms. The summed E-state index contributed by atoms with van der Waals surface area (Å²) in [6.07, 6.45) is 14.1. The van der Waals surface area contributed by atoms with Gasteiger partial charge in [-0.25, -0.2) is 0 Å². The van der Waals surface area contributed by atoms with Crippen LogP contribution < -0.4 is 11.1 Å². The molecule has 0 radical (unpaired) electrons. The zero-order valence-electron chi connectivity index (χ0n) is 21.8. The molecule has 2 amide bonds. The summed E-state index contributed by atoms with van der Waals surface area (Å²) in [6.45, 7) is 6.72. The van der Waals surface area contributed by atoms with E-state index in [9.17, 15) is 14.7 Å². The number of carbonyl (C=O) groups excluding carboxylic acids is 2. The number of nitrogens with zero attached hydrogens (tertiary/aromatic N) is 2. The normalized spacial score (nSPS) is 17.8. The maximum absolute atomic E-state index is 12.3. The molecule has 1 saturated heterocycles. The topological polar surface area (TPSA) is 109 Å². The molecule has 1 atom stereocenters. The average Bonchev–Trinajstić information content (AvgIpc) is 3.15. The van der Waals surface area contributed by atoms with Gasteiger partial charge in [0.1, 0.15) is 11.8 Å². The maximum atomic E-state index is 12.3. The maximum Gasteiger partial charge on any atom is 0.255 e. The van der Waals surface area contributed by atoms with Gasteiger partial charge in [0.15, 0.2) is 0 Å². The lowest BCUT2D eigenvalue weighted by molar-refractivity contribution is -0.122. The van der Waals surface area contributed by atoms with Gasteiger partial charge in [-0.05, 0) is 60.2 Å². The molecular formula is C29H42N4O3. The summed E-state index contributed by atoms with van der Waals surface area (Å²) in [5.74, 6) is 0.642. The highest BCUT2D eigenvalue weighted by Crippen LogP contribution is 2.29. The Morgan fingerprint density at radius 3 is 2.17 bits per heavy atom. The van der Waals surface area contributed by atoms with Crippen molar-refractivity contribution < 1.29 is 14.7 Å². The van der Waals surface area contributed by atoms with Crippen LogP contribution in [0.4, 0.5) is 0 Å². The van der Waals surface area contributed by atoms with E-state index >= 15 is 0 Å². The van der Waals surface area contributed by atoms with Gasteiger partial charge in [0.25, 0.3) is 5.91 Å². The van der Waals surface area contributed by atoms with Crippen molar-refractivity contribution >= 4 is 11.8 Å². The molecule has 7 nitrogen and oxygen atoms in total. The van der Waals surface area contributed by atoms with E-state index in [1.54, 1.807) is 12.1 Å². The number of pyridine rings is 1. The molecule has 0 bridgehead atoms. The number of aromatic hydroxyl groups is 1. The van der Waals surface area contributed by atoms with Crippen molar-refractivity contribution in [3.63, 3.8) is 0 Å². The largest absolute Gasteiger partial charge is 0.508 e. The van der Waals surface area contributed by atoms with Crippen LogP contribution in [0.2, 0.25) is 0 Å². The van der Waals surface area contributed by atoms with Gasteiger partial charge in [0.2, 0.25) is 5.91 Å². The standard InChI is InChI=1S/C15H20N2O3.C8H10N2.C6H12/c1-9(2)3-6-13(14(16)19)17-8-10-7-11(18)4-5-12(10)15(17)20;1-3-9-4-2-7(1)8-5-10-6-8;1-2-4-6-5-3-1/h4-5,7,9,13,18H,3,6,8H2,1-2H3,(H2,16,19);1-4,8,10H,5-6H2;1-6H2. The smallest absolute Gasteiger partial charge is 0.255 e. The first-order valence-electron chi connectivity index (χ1n) is 13.4. The summed E-state index contributed by atoms with van der Waals surface area (Å²) in [5, 5.41) is 12.7. The number of rotatable bonds is 6. The predicted octanol–water partition coefficient (Wildman–Crippen LogP) is 4.75. The van der Waals surface area contributed by atoms with Crippen molar-refractivity contribution in [1.82, 2.24) is 15.2 Å². The minimum absolute atomic E-state index is 0.121. The second-order valence-electron chi connectivity index (χ2n) is 10.4. The number of phenolic OH excluding ortho intramolecular Hbond substituents is 1. The SMILES string of the molecule is C1CCCCC1.CC(C)CCC(C(N)=O)N1Cc2cc(O)ccc2C1=O.c1cc(C2CNC2)ccn1. The third kappa shape index (κ3) is 8.05. The lowest BCUT2D eigenvalue weighted by Gasteiger charge is -2.27. The number of nitrogens with two attached hydrogens (primary N) is 1. The Morgan fingerprint density at radius 2 is 1.67 bits per heavy atom. The molecule has 1 aromatic carbocycles. The number of fused-ring (bicyclic) bond motifs is 1. The van der Waals surface area contributed by atoms with Crippen molar-refractivity contribution in [2.24, 2.45) is 11.7 Å². The predicted molar refractivity (Wildman–Crippen MR) is 143 cm³/mol. The number of carbonyl (C=O) groups is 2. The van der Waals surface area contributed by atoms with E-state index in [-0.39, 0.29) is 11.7 Å². The van der Waals surface area contributed by atoms with Gasteiger partial charge in [-0.15, -0.1) is 0 Å². The zero-order valence-corrected chi connectivity index (χ0v) is 21.8. The third-order valence-electron chi connectivity index (χ3n) is 7.10. The second kappa shape index (κ2) is 14.0. The molecule has 0 spiro atoms. The molecule has 196 valence electrons. The van der Waals surface area contributed by atoms with E-state index in [4.69, 9.17) is 5.73 Å². The van der Waals surface area contributed by atoms with Crippen LogP contribution in [0.1, 0.15) is 92.6 Å². The van der Waals surface area contributed by atoms with Crippen molar-refractivity contribution in [1.29, 1.82) is 0 Å². The molecule has 4 N–H and O–H groups in total. The molecule has 3 aliphatic rings. The highest BCUT2D eigenvalue weighted by molar-refractivity contribution is 6.01. The zero-order chi connectivity index (χ0) is 25.9. The fourth-order valence-corrected chi connectivity index (χ4v) is 4.74. The molecule has 2 fully saturated rings. The summed E-state index contributed by atoms with van der Waals surface area (Å²) in [5.41, 5.74) is 8.14. The van der Waals surface area contributed by atoms with E-state index in [2.05, 4.69) is 36.3 Å². The molecule has 2 aromatic rings. The lowest BCUT2D eigenvalue weighted by Crippen LogP contribution is -2.45. The van der Waals surface area contributed by atoms with E-state index in [1.807, 2.05) is 12.4 Å². The first-order chi connectivity index (χ1) is 17.4. The van der Waals surface area contributed by atoms with Crippen LogP contribution in [0.15, 0.2) is 42.7 Å². The number of aromatic nitrogens is 1. The van der Waals surface area contributed by atoms with Crippen LogP contribution >= 0.6 is 0 Å². The molecule has 5 rings (SSSR count). The number of benzene rings is 1. The minimum Gasteiger partial charge on any atom is -0.508 e. The van der Waals surface area contributed by atoms with Crippen LogP contribution in [0, 0.1) is 5.92 Å². The Kier molecular flexibility index (Phi) is 10.7. The van der Waals surface area contributed by atoms with E-state index in [0.717, 1.165) is 31.0 Å². The fourth-order valence-electron chi connectivity index (χ4n) is 4.74. The van der Waals surface area contributed by atoms with E-state index in [1.165, 1.54) is 55.1 Å². The number of primary amides is 1. The van der Waals surface area contributed by atoms with Gasteiger partial charge in [-0.2, -0.15) is 0 Å². The van der Waals surface area contributed by atoms with E-state index < -0.39 is 11.9 Å². The summed E-state index contributed by atoms with van der Waals surface area (Å²) in [6, 6.07) is 8.23. The molecule has 1 unspecified atom stereocenters. The first kappa shape index (κ1) is 27.7. The number of amides is 2. The molecule has 3 heterocycles. The molecule has 7 heteroatoms. The molecule has 1 saturated carbocycles. The second-order valence-corrected chi connectivity index (χ2v) is 10.4. The van der Waals surface area contributed by atoms with Crippen molar-refractivity contribution in [2.75, 3.05) is 13.1 Å². The van der Waals surface area contributed by atoms with E-state index in [0.29, 0.717) is 24.4 Å². The fraction of sp³-hybridized carbons (Fsp3) is 0.552. The Morgan fingerprint density at radius 1 is 1.06 bits per heavy atom. The van der Waals surface area contributed by atoms with Crippen LogP contribution in [0.5, 0.6) is 5.75 Å². The van der Waals surface area contributed by atoms with Crippen molar-refractivity contribution in [3.05, 3.63) is 59.4 Å². The van der Waals surface area contributed by atoms with Crippen LogP contribution in [-0.2, 0) is 11.3 Å². The lowest BCUT2D eigenvalue weighted by atomic mass is 9.95. The van der Waals surface area contributed by atoms with Gasteiger partial charge >= 0.3 is 0 Å². The summed E-state index contributed by atoms with van der Waals surface area (Å²) < 4.78 is 0. The van der Waals surface area contributed by atoms with Gasteiger partial charge in [0.05, 0.1) is 0 Å². The van der Waals surface area contributed by atoms with Gasteiger partial charge in [0, 0.05) is 43.5 Å². The molecular weight excluding hydrogens is 452 g/mol. The first-order valence-corrected chi connectivity index (χ1v) is 13.4. The Labute approximate surface area is 215 Å². The molecule has 2 aliphatic heterocycles. The third-order valence-corrected chi connectivity index (χ3v) is 7.10. The van der Waals surface area contributed by atoms with Crippen molar-refractivity contribution in [2.45, 2.75) is 83.7 Å². The Balaban J connectivity index is 0.000000184. The van der Waals surface area contributed by atoms with Crippen LogP contribution in [0.3, 0.4) is 0 Å². The minimum atomic E-state index is -0.584.